The van der Waals surface area contributed by atoms with E-state index in [9.17, 15) is 4.79 Å². The fourth-order valence-electron chi connectivity index (χ4n) is 1.35. The van der Waals surface area contributed by atoms with Crippen LogP contribution in [0.5, 0.6) is 5.75 Å². The quantitative estimate of drug-likeness (QED) is 0.471. The minimum atomic E-state index is -0.182. The average Bonchev–Trinajstić information content (AvgIpc) is 2.49. The molecule has 4 nitrogen and oxygen atoms in total. The molecular weight excluding hydrogens is 276 g/mol. The Bertz CT molecular complexity index is 459. The van der Waals surface area contributed by atoms with Crippen molar-refractivity contribution in [1.29, 1.82) is 0 Å². The Morgan fingerprint density at radius 3 is 2.70 bits per heavy atom. The Labute approximate surface area is 123 Å². The lowest BCUT2D eigenvalue weighted by Gasteiger charge is -2.05. The number of carbonyl (C=O) groups excluding carboxylic acids is 1. The lowest BCUT2D eigenvalue weighted by Crippen LogP contribution is -2.04. The molecule has 0 saturated carbocycles. The van der Waals surface area contributed by atoms with E-state index in [-0.39, 0.29) is 12.6 Å². The van der Waals surface area contributed by atoms with Gasteiger partial charge in [0.1, 0.15) is 12.4 Å². The predicted molar refractivity (Wildman–Crippen MR) is 79.9 cm³/mol. The number of thioether (sulfide) groups is 1. The number of aliphatic hydroxyl groups excluding tert-OH is 1. The van der Waals surface area contributed by atoms with Crippen LogP contribution < -0.4 is 4.74 Å². The second-order valence-electron chi connectivity index (χ2n) is 3.77. The summed E-state index contributed by atoms with van der Waals surface area (Å²) in [6.45, 7) is 0.453. The zero-order valence-corrected chi connectivity index (χ0v) is 12.2. The molecule has 0 bridgehead atoms. The summed E-state index contributed by atoms with van der Waals surface area (Å²) in [4.78, 5) is 10.9. The Kier molecular flexibility index (Phi) is 8.36. The molecule has 0 saturated heterocycles. The van der Waals surface area contributed by atoms with Crippen molar-refractivity contribution >= 4 is 17.7 Å². The van der Waals surface area contributed by atoms with Crippen molar-refractivity contribution in [3.05, 3.63) is 29.8 Å². The molecule has 1 N–H and O–H groups in total. The van der Waals surface area contributed by atoms with Crippen molar-refractivity contribution in [3.8, 4) is 17.6 Å². The highest BCUT2D eigenvalue weighted by Gasteiger charge is 1.99. The zero-order chi connectivity index (χ0) is 14.6. The maximum atomic E-state index is 10.9. The van der Waals surface area contributed by atoms with Crippen LogP contribution in [-0.2, 0) is 9.53 Å². The van der Waals surface area contributed by atoms with Crippen molar-refractivity contribution in [3.63, 3.8) is 0 Å². The molecule has 0 radical (unpaired) electrons. The van der Waals surface area contributed by atoms with Crippen LogP contribution in [0.1, 0.15) is 12.0 Å². The van der Waals surface area contributed by atoms with Gasteiger partial charge in [-0.3, -0.25) is 4.79 Å². The summed E-state index contributed by atoms with van der Waals surface area (Å²) < 4.78 is 10.1. The van der Waals surface area contributed by atoms with Gasteiger partial charge >= 0.3 is 5.97 Å². The van der Waals surface area contributed by atoms with Crippen molar-refractivity contribution in [1.82, 2.24) is 0 Å². The summed E-state index contributed by atoms with van der Waals surface area (Å²) in [6, 6.07) is 7.39. The third-order valence-corrected chi connectivity index (χ3v) is 3.29. The number of ether oxygens (including phenoxy) is 2. The standard InChI is InChI=1S/C15H18O4S/c1-18-15(17)8-11-20-12-10-19-14-6-4-13(5-7-14)3-2-9-16/h4-7,16H,8-12H2,1H3. The maximum Gasteiger partial charge on any atom is 0.306 e. The summed E-state index contributed by atoms with van der Waals surface area (Å²) in [5.74, 6) is 7.57. The fraction of sp³-hybridized carbons (Fsp3) is 0.400. The van der Waals surface area contributed by atoms with Gasteiger partial charge in [-0.05, 0) is 24.3 Å². The minimum absolute atomic E-state index is 0.138. The number of hydrogen-bond donors (Lipinski definition) is 1. The molecule has 5 heteroatoms. The van der Waals surface area contributed by atoms with Crippen LogP contribution >= 0.6 is 11.8 Å². The smallest absolute Gasteiger partial charge is 0.306 e. The molecule has 108 valence electrons. The van der Waals surface area contributed by atoms with Crippen molar-refractivity contribution in [2.24, 2.45) is 0 Å². The predicted octanol–water partition coefficient (Wildman–Crippen LogP) is 1.71. The summed E-state index contributed by atoms with van der Waals surface area (Å²) in [7, 11) is 1.39. The first kappa shape index (κ1) is 16.4. The number of benzene rings is 1. The third kappa shape index (κ3) is 7.07. The van der Waals surface area contributed by atoms with E-state index in [0.717, 1.165) is 22.8 Å². The highest BCUT2D eigenvalue weighted by Crippen LogP contribution is 2.12. The van der Waals surface area contributed by atoms with E-state index < -0.39 is 0 Å². The highest BCUT2D eigenvalue weighted by molar-refractivity contribution is 7.99. The molecule has 0 spiro atoms. The number of rotatable bonds is 7. The SMILES string of the molecule is COC(=O)CCSCCOc1ccc(C#CCO)cc1. The Morgan fingerprint density at radius 2 is 2.05 bits per heavy atom. The lowest BCUT2D eigenvalue weighted by molar-refractivity contribution is -0.140. The molecule has 1 aromatic carbocycles. The molecule has 20 heavy (non-hydrogen) atoms. The van der Waals surface area contributed by atoms with Gasteiger partial charge in [0.15, 0.2) is 0 Å². The van der Waals surface area contributed by atoms with Gasteiger partial charge < -0.3 is 14.6 Å². The van der Waals surface area contributed by atoms with E-state index in [1.165, 1.54) is 7.11 Å². The van der Waals surface area contributed by atoms with Crippen LogP contribution in [0.25, 0.3) is 0 Å². The van der Waals surface area contributed by atoms with Gasteiger partial charge in [0.05, 0.1) is 20.1 Å². The van der Waals surface area contributed by atoms with Crippen LogP contribution in [0.4, 0.5) is 0 Å². The Balaban J connectivity index is 2.17. The summed E-state index contributed by atoms with van der Waals surface area (Å²) in [5, 5.41) is 8.59. The molecular formula is C15H18O4S. The molecule has 0 heterocycles. The summed E-state index contributed by atoms with van der Waals surface area (Å²) >= 11 is 1.65. The number of carbonyl (C=O) groups is 1. The molecule has 1 rings (SSSR count). The lowest BCUT2D eigenvalue weighted by atomic mass is 10.2. The Morgan fingerprint density at radius 1 is 1.30 bits per heavy atom. The van der Waals surface area contributed by atoms with E-state index in [1.807, 2.05) is 24.3 Å². The van der Waals surface area contributed by atoms with Crippen LogP contribution in [0.2, 0.25) is 0 Å². The molecule has 0 aliphatic carbocycles. The first-order chi connectivity index (χ1) is 9.76. The van der Waals surface area contributed by atoms with Crippen molar-refractivity contribution in [2.45, 2.75) is 6.42 Å². The minimum Gasteiger partial charge on any atom is -0.493 e. The molecule has 0 fully saturated rings. The summed E-state index contributed by atoms with van der Waals surface area (Å²) in [6.07, 6.45) is 0.430. The number of esters is 1. The van der Waals surface area contributed by atoms with Gasteiger partial charge in [0, 0.05) is 17.1 Å². The van der Waals surface area contributed by atoms with E-state index >= 15 is 0 Å². The van der Waals surface area contributed by atoms with E-state index in [0.29, 0.717) is 13.0 Å². The van der Waals surface area contributed by atoms with Crippen LogP contribution in [0.3, 0.4) is 0 Å². The second kappa shape index (κ2) is 10.2. The molecule has 1 aromatic rings. The molecule has 0 unspecified atom stereocenters. The van der Waals surface area contributed by atoms with Crippen LogP contribution in [-0.4, -0.2) is 42.9 Å². The topological polar surface area (TPSA) is 55.8 Å². The number of hydrogen-bond acceptors (Lipinski definition) is 5. The number of aliphatic hydroxyl groups is 1. The van der Waals surface area contributed by atoms with Crippen LogP contribution in [0, 0.1) is 11.8 Å². The van der Waals surface area contributed by atoms with E-state index in [4.69, 9.17) is 9.84 Å². The average molecular weight is 294 g/mol. The van der Waals surface area contributed by atoms with Gasteiger partial charge in [-0.15, -0.1) is 0 Å². The van der Waals surface area contributed by atoms with Gasteiger partial charge in [-0.1, -0.05) is 11.8 Å². The molecule has 0 aliphatic rings. The van der Waals surface area contributed by atoms with Gasteiger partial charge in [-0.2, -0.15) is 11.8 Å². The van der Waals surface area contributed by atoms with Crippen molar-refractivity contribution < 1.29 is 19.4 Å². The monoisotopic (exact) mass is 294 g/mol. The largest absolute Gasteiger partial charge is 0.493 e. The van der Waals surface area contributed by atoms with Gasteiger partial charge in [0.2, 0.25) is 0 Å². The molecule has 0 atom stereocenters. The van der Waals surface area contributed by atoms with Gasteiger partial charge in [-0.25, -0.2) is 0 Å². The van der Waals surface area contributed by atoms with E-state index in [2.05, 4.69) is 16.6 Å². The first-order valence-corrected chi connectivity index (χ1v) is 7.39. The van der Waals surface area contributed by atoms with E-state index in [1.54, 1.807) is 11.8 Å². The summed E-state index contributed by atoms with van der Waals surface area (Å²) in [5.41, 5.74) is 0.846. The highest BCUT2D eigenvalue weighted by atomic mass is 32.2. The Hall–Kier alpha value is -1.64. The second-order valence-corrected chi connectivity index (χ2v) is 5.00. The maximum absolute atomic E-state index is 10.9. The normalized spacial score (nSPS) is 9.50. The fourth-order valence-corrected chi connectivity index (χ4v) is 2.07. The molecule has 0 amide bonds. The molecule has 0 aromatic heterocycles. The zero-order valence-electron chi connectivity index (χ0n) is 11.4. The molecule has 0 aliphatic heterocycles. The van der Waals surface area contributed by atoms with Crippen molar-refractivity contribution in [2.75, 3.05) is 31.8 Å². The first-order valence-electron chi connectivity index (χ1n) is 6.23. The van der Waals surface area contributed by atoms with Gasteiger partial charge in [0.25, 0.3) is 0 Å². The third-order valence-electron chi connectivity index (χ3n) is 2.34. The van der Waals surface area contributed by atoms with Crippen LogP contribution in [0.15, 0.2) is 24.3 Å². The number of methoxy groups -OCH3 is 1.